The molecule has 0 unspecified atom stereocenters. The molecule has 9 heteroatoms. The van der Waals surface area contributed by atoms with E-state index in [1.807, 2.05) is 48.5 Å². The van der Waals surface area contributed by atoms with Gasteiger partial charge in [0.15, 0.2) is 0 Å². The molecule has 0 heterocycles. The molecule has 0 saturated heterocycles. The highest BCUT2D eigenvalue weighted by Crippen LogP contribution is 2.24. The van der Waals surface area contributed by atoms with Crippen LogP contribution in [-0.4, -0.2) is 43.7 Å². The second kappa shape index (κ2) is 17.0. The Kier molecular flexibility index (Phi) is 12.8. The number of rotatable bonds is 15. The Morgan fingerprint density at radius 1 is 0.587 bits per heavy atom. The molecule has 0 aliphatic heterocycles. The van der Waals surface area contributed by atoms with E-state index in [2.05, 4.69) is 19.7 Å². The van der Waals surface area contributed by atoms with Gasteiger partial charge in [0.2, 0.25) is 0 Å². The molecule has 0 spiro atoms. The predicted molar refractivity (Wildman–Crippen MR) is 174 cm³/mol. The van der Waals surface area contributed by atoms with Gasteiger partial charge in [-0.2, -0.15) is 0 Å². The number of carbonyl (C=O) groups is 4. The van der Waals surface area contributed by atoms with Crippen LogP contribution >= 0.6 is 0 Å². The SMILES string of the molecule is C=C(C)C(=O)OCC(COC(=O)C(=C)C)COc1ccc(-c2ccc(/C=C/C(=O)Oc3ccc(OC(=O)C(=C)C)cc3)cc2)cc1. The van der Waals surface area contributed by atoms with Gasteiger partial charge in [0.25, 0.3) is 0 Å². The van der Waals surface area contributed by atoms with E-state index < -0.39 is 29.8 Å². The third kappa shape index (κ3) is 11.4. The molecule has 3 aromatic rings. The highest BCUT2D eigenvalue weighted by Gasteiger charge is 2.17. The molecule has 0 saturated carbocycles. The van der Waals surface area contributed by atoms with E-state index in [1.165, 1.54) is 30.3 Å². The fraction of sp³-hybridized carbons (Fsp3) is 0.189. The van der Waals surface area contributed by atoms with Crippen molar-refractivity contribution in [2.24, 2.45) is 5.92 Å². The summed E-state index contributed by atoms with van der Waals surface area (Å²) in [6.07, 6.45) is 2.96. The molecule has 0 amide bonds. The van der Waals surface area contributed by atoms with Gasteiger partial charge in [0.1, 0.15) is 30.5 Å². The molecule has 46 heavy (non-hydrogen) atoms. The van der Waals surface area contributed by atoms with Crippen molar-refractivity contribution >= 4 is 30.0 Å². The summed E-state index contributed by atoms with van der Waals surface area (Å²) in [5.74, 6) is -1.35. The van der Waals surface area contributed by atoms with Gasteiger partial charge in [-0.1, -0.05) is 56.1 Å². The fourth-order valence-electron chi connectivity index (χ4n) is 3.61. The number of ether oxygens (including phenoxy) is 5. The van der Waals surface area contributed by atoms with Gasteiger partial charge in [0.05, 0.1) is 12.5 Å². The van der Waals surface area contributed by atoms with E-state index in [0.29, 0.717) is 17.2 Å². The highest BCUT2D eigenvalue weighted by atomic mass is 16.6. The van der Waals surface area contributed by atoms with Crippen molar-refractivity contribution in [2.75, 3.05) is 19.8 Å². The zero-order valence-corrected chi connectivity index (χ0v) is 26.1. The van der Waals surface area contributed by atoms with E-state index in [4.69, 9.17) is 23.7 Å². The summed E-state index contributed by atoms with van der Waals surface area (Å²) in [6, 6.07) is 21.1. The van der Waals surface area contributed by atoms with E-state index in [1.54, 1.807) is 26.8 Å². The van der Waals surface area contributed by atoms with Crippen molar-refractivity contribution in [1.82, 2.24) is 0 Å². The predicted octanol–water partition coefficient (Wildman–Crippen LogP) is 6.69. The Morgan fingerprint density at radius 2 is 1.02 bits per heavy atom. The van der Waals surface area contributed by atoms with E-state index >= 15 is 0 Å². The normalized spacial score (nSPS) is 10.6. The molecule has 0 atom stereocenters. The van der Waals surface area contributed by atoms with Crippen molar-refractivity contribution in [1.29, 1.82) is 0 Å². The van der Waals surface area contributed by atoms with Crippen molar-refractivity contribution in [3.05, 3.63) is 121 Å². The maximum atomic E-state index is 12.3. The summed E-state index contributed by atoms with van der Waals surface area (Å²) in [5.41, 5.74) is 3.52. The third-order valence-electron chi connectivity index (χ3n) is 6.19. The molecule has 0 N–H and O–H groups in total. The Hall–Kier alpha value is -5.70. The zero-order valence-electron chi connectivity index (χ0n) is 26.1. The van der Waals surface area contributed by atoms with Gasteiger partial charge in [-0.05, 0) is 79.9 Å². The lowest BCUT2D eigenvalue weighted by Crippen LogP contribution is -2.26. The number of benzene rings is 3. The van der Waals surface area contributed by atoms with Crippen LogP contribution in [0.25, 0.3) is 17.2 Å². The van der Waals surface area contributed by atoms with E-state index in [-0.39, 0.29) is 36.5 Å². The molecule has 0 radical (unpaired) electrons. The van der Waals surface area contributed by atoms with Gasteiger partial charge >= 0.3 is 23.9 Å². The monoisotopic (exact) mass is 624 g/mol. The summed E-state index contributed by atoms with van der Waals surface area (Å²) in [5, 5.41) is 0. The van der Waals surface area contributed by atoms with Crippen LogP contribution in [0.3, 0.4) is 0 Å². The number of hydrogen-bond acceptors (Lipinski definition) is 9. The largest absolute Gasteiger partial charge is 0.493 e. The van der Waals surface area contributed by atoms with Crippen LogP contribution in [0.1, 0.15) is 26.3 Å². The van der Waals surface area contributed by atoms with E-state index in [0.717, 1.165) is 16.7 Å². The molecular weight excluding hydrogens is 588 g/mol. The Bertz CT molecular complexity index is 1580. The van der Waals surface area contributed by atoms with Crippen molar-refractivity contribution in [2.45, 2.75) is 20.8 Å². The molecular formula is C37H36O9. The van der Waals surface area contributed by atoms with Crippen LogP contribution in [0, 0.1) is 5.92 Å². The van der Waals surface area contributed by atoms with Crippen LogP contribution in [-0.2, 0) is 28.7 Å². The zero-order chi connectivity index (χ0) is 33.6. The third-order valence-corrected chi connectivity index (χ3v) is 6.19. The van der Waals surface area contributed by atoms with Crippen molar-refractivity contribution in [3.63, 3.8) is 0 Å². The second-order valence-electron chi connectivity index (χ2n) is 10.5. The molecule has 238 valence electrons. The fourth-order valence-corrected chi connectivity index (χ4v) is 3.61. The lowest BCUT2D eigenvalue weighted by Gasteiger charge is -2.18. The molecule has 0 bridgehead atoms. The smallest absolute Gasteiger partial charge is 0.338 e. The lowest BCUT2D eigenvalue weighted by molar-refractivity contribution is -0.145. The van der Waals surface area contributed by atoms with Gasteiger partial charge in [-0.25, -0.2) is 19.2 Å². The van der Waals surface area contributed by atoms with Crippen molar-refractivity contribution in [3.8, 4) is 28.4 Å². The standard InChI is InChI=1S/C37H36O9/c1-24(2)35(39)43-22-28(23-44-36(40)25(3)4)21-42-31-14-12-30(13-15-31)29-10-7-27(8-11-29)9-20-34(38)45-32-16-18-33(19-17-32)46-37(41)26(5)6/h7-20,28H,1,3,5,21-23H2,2,4,6H3/b20-9+. The van der Waals surface area contributed by atoms with Crippen LogP contribution in [0.5, 0.6) is 17.2 Å². The lowest BCUT2D eigenvalue weighted by atomic mass is 10.0. The summed E-state index contributed by atoms with van der Waals surface area (Å²) in [6.45, 7) is 15.4. The van der Waals surface area contributed by atoms with Crippen LogP contribution in [0.15, 0.2) is 115 Å². The maximum Gasteiger partial charge on any atom is 0.338 e. The van der Waals surface area contributed by atoms with Gasteiger partial charge in [-0.15, -0.1) is 0 Å². The van der Waals surface area contributed by atoms with Gasteiger partial charge < -0.3 is 23.7 Å². The highest BCUT2D eigenvalue weighted by molar-refractivity contribution is 5.90. The number of hydrogen-bond donors (Lipinski definition) is 0. The Balaban J connectivity index is 1.53. The Labute approximate surface area is 268 Å². The summed E-state index contributed by atoms with van der Waals surface area (Å²) >= 11 is 0. The van der Waals surface area contributed by atoms with Crippen molar-refractivity contribution < 1.29 is 42.9 Å². The second-order valence-corrected chi connectivity index (χ2v) is 10.5. The topological polar surface area (TPSA) is 114 Å². The summed E-state index contributed by atoms with van der Waals surface area (Å²) in [4.78, 5) is 47.5. The minimum atomic E-state index is -0.559. The molecule has 3 rings (SSSR count). The van der Waals surface area contributed by atoms with Crippen LogP contribution in [0.2, 0.25) is 0 Å². The minimum absolute atomic E-state index is 0.00631. The number of carbonyl (C=O) groups excluding carboxylic acids is 4. The quantitative estimate of drug-likeness (QED) is 0.104. The summed E-state index contributed by atoms with van der Waals surface area (Å²) < 4.78 is 26.8. The van der Waals surface area contributed by atoms with E-state index in [9.17, 15) is 19.2 Å². The molecule has 3 aromatic carbocycles. The van der Waals surface area contributed by atoms with Crippen LogP contribution in [0.4, 0.5) is 0 Å². The molecule has 0 aromatic heterocycles. The molecule has 9 nitrogen and oxygen atoms in total. The Morgan fingerprint density at radius 3 is 1.50 bits per heavy atom. The molecule has 0 aliphatic rings. The van der Waals surface area contributed by atoms with Crippen LogP contribution < -0.4 is 14.2 Å². The molecule has 0 aliphatic carbocycles. The molecule has 0 fully saturated rings. The first kappa shape index (κ1) is 34.8. The maximum absolute atomic E-state index is 12.3. The summed E-state index contributed by atoms with van der Waals surface area (Å²) in [7, 11) is 0. The average molecular weight is 625 g/mol. The first-order chi connectivity index (χ1) is 21.9. The van der Waals surface area contributed by atoms with Gasteiger partial charge in [0, 0.05) is 22.8 Å². The first-order valence-corrected chi connectivity index (χ1v) is 14.3. The first-order valence-electron chi connectivity index (χ1n) is 14.3. The average Bonchev–Trinajstić information content (AvgIpc) is 3.04. The minimum Gasteiger partial charge on any atom is -0.493 e. The number of esters is 4. The van der Waals surface area contributed by atoms with Gasteiger partial charge in [-0.3, -0.25) is 0 Å².